The molecule has 0 bridgehead atoms. The number of hydrogen-bond acceptors (Lipinski definition) is 6. The normalized spacial score (nSPS) is 15.5. The molecular formula is C14H21N5O2S2. The van der Waals surface area contributed by atoms with Gasteiger partial charge < -0.3 is 4.90 Å². The zero-order valence-corrected chi connectivity index (χ0v) is 14.9. The van der Waals surface area contributed by atoms with Crippen molar-refractivity contribution in [1.82, 2.24) is 19.9 Å². The third-order valence-corrected chi connectivity index (χ3v) is 6.59. The summed E-state index contributed by atoms with van der Waals surface area (Å²) in [4.78, 5) is 7.13. The van der Waals surface area contributed by atoms with Gasteiger partial charge in [-0.1, -0.05) is 0 Å². The zero-order valence-electron chi connectivity index (χ0n) is 13.3. The van der Waals surface area contributed by atoms with E-state index in [0.717, 1.165) is 23.9 Å². The first-order valence-corrected chi connectivity index (χ1v) is 10.0. The van der Waals surface area contributed by atoms with Crippen LogP contribution in [-0.2, 0) is 16.4 Å². The van der Waals surface area contributed by atoms with E-state index < -0.39 is 10.0 Å². The molecule has 0 aromatic carbocycles. The van der Waals surface area contributed by atoms with E-state index in [9.17, 15) is 8.42 Å². The monoisotopic (exact) mass is 355 g/mol. The lowest BCUT2D eigenvalue weighted by molar-refractivity contribution is 0.580. The molecule has 0 aliphatic carbocycles. The molecule has 0 unspecified atom stereocenters. The predicted molar refractivity (Wildman–Crippen MR) is 90.5 cm³/mol. The van der Waals surface area contributed by atoms with Gasteiger partial charge in [0.1, 0.15) is 4.90 Å². The van der Waals surface area contributed by atoms with Gasteiger partial charge in [-0.25, -0.2) is 18.1 Å². The molecule has 7 nitrogen and oxygen atoms in total. The highest BCUT2D eigenvalue weighted by Gasteiger charge is 2.22. The summed E-state index contributed by atoms with van der Waals surface area (Å²) in [7, 11) is -3.54. The van der Waals surface area contributed by atoms with Crippen LogP contribution in [0.4, 0.5) is 5.13 Å². The molecule has 1 fully saturated rings. The maximum absolute atomic E-state index is 12.3. The third kappa shape index (κ3) is 3.56. The van der Waals surface area contributed by atoms with Crippen molar-refractivity contribution in [3.63, 3.8) is 0 Å². The Morgan fingerprint density at radius 1 is 1.35 bits per heavy atom. The van der Waals surface area contributed by atoms with E-state index in [-0.39, 0.29) is 4.90 Å². The van der Waals surface area contributed by atoms with Crippen LogP contribution < -0.4 is 9.62 Å². The Balaban J connectivity index is 1.59. The maximum Gasteiger partial charge on any atom is 0.244 e. The van der Waals surface area contributed by atoms with Gasteiger partial charge in [0, 0.05) is 31.4 Å². The number of sulfonamides is 1. The molecule has 1 saturated heterocycles. The number of aryl methyl sites for hydroxylation is 2. The molecule has 2 N–H and O–H groups in total. The highest BCUT2D eigenvalue weighted by molar-refractivity contribution is 7.89. The van der Waals surface area contributed by atoms with Gasteiger partial charge in [-0.05, 0) is 26.7 Å². The fourth-order valence-electron chi connectivity index (χ4n) is 2.79. The molecule has 126 valence electrons. The number of hydrogen-bond donors (Lipinski definition) is 2. The molecule has 2 aromatic heterocycles. The van der Waals surface area contributed by atoms with Crippen LogP contribution in [0.25, 0.3) is 0 Å². The number of H-pyrrole nitrogens is 1. The molecular weight excluding hydrogens is 334 g/mol. The zero-order chi connectivity index (χ0) is 16.4. The van der Waals surface area contributed by atoms with E-state index in [2.05, 4.69) is 24.8 Å². The molecule has 0 amide bonds. The van der Waals surface area contributed by atoms with Crippen LogP contribution in [0.1, 0.15) is 29.9 Å². The molecule has 23 heavy (non-hydrogen) atoms. The van der Waals surface area contributed by atoms with Crippen LogP contribution in [0, 0.1) is 13.8 Å². The molecule has 1 aliphatic rings. The molecule has 0 saturated carbocycles. The molecule has 0 spiro atoms. The summed E-state index contributed by atoms with van der Waals surface area (Å²) in [5.41, 5.74) is 1.97. The smallest absolute Gasteiger partial charge is 0.244 e. The number of thiazole rings is 1. The van der Waals surface area contributed by atoms with Crippen LogP contribution in [0.5, 0.6) is 0 Å². The van der Waals surface area contributed by atoms with Gasteiger partial charge in [0.05, 0.1) is 17.1 Å². The SMILES string of the molecule is Cc1n[nH]c(C)c1S(=O)(=O)NCCc1csc(N2CCCC2)n1. The van der Waals surface area contributed by atoms with Crippen LogP contribution in [0.2, 0.25) is 0 Å². The minimum Gasteiger partial charge on any atom is -0.348 e. The second kappa shape index (κ2) is 6.58. The van der Waals surface area contributed by atoms with Crippen molar-refractivity contribution >= 4 is 26.5 Å². The minimum absolute atomic E-state index is 0.244. The van der Waals surface area contributed by atoms with Gasteiger partial charge in [0.25, 0.3) is 0 Å². The minimum atomic E-state index is -3.54. The van der Waals surface area contributed by atoms with Crippen molar-refractivity contribution in [2.75, 3.05) is 24.5 Å². The summed E-state index contributed by atoms with van der Waals surface area (Å²) < 4.78 is 27.3. The van der Waals surface area contributed by atoms with Crippen molar-refractivity contribution in [2.24, 2.45) is 0 Å². The van der Waals surface area contributed by atoms with Gasteiger partial charge in [0.2, 0.25) is 10.0 Å². The Morgan fingerprint density at radius 3 is 2.74 bits per heavy atom. The fourth-order valence-corrected chi connectivity index (χ4v) is 5.10. The number of aromatic nitrogens is 3. The lowest BCUT2D eigenvalue weighted by atomic mass is 10.3. The second-order valence-corrected chi connectivity index (χ2v) is 8.27. The van der Waals surface area contributed by atoms with Gasteiger partial charge in [-0.2, -0.15) is 5.10 Å². The van der Waals surface area contributed by atoms with E-state index in [1.807, 2.05) is 5.38 Å². The van der Waals surface area contributed by atoms with E-state index in [1.54, 1.807) is 25.2 Å². The molecule has 9 heteroatoms. The van der Waals surface area contributed by atoms with Crippen molar-refractivity contribution in [3.05, 3.63) is 22.5 Å². The van der Waals surface area contributed by atoms with Crippen LogP contribution in [0.15, 0.2) is 10.3 Å². The maximum atomic E-state index is 12.3. The van der Waals surface area contributed by atoms with E-state index in [4.69, 9.17) is 0 Å². The molecule has 3 rings (SSSR count). The summed E-state index contributed by atoms with van der Waals surface area (Å²) in [6.07, 6.45) is 3.02. The van der Waals surface area contributed by atoms with E-state index in [1.165, 1.54) is 12.8 Å². The quantitative estimate of drug-likeness (QED) is 0.821. The van der Waals surface area contributed by atoms with Crippen LogP contribution in [-0.4, -0.2) is 43.2 Å². The summed E-state index contributed by atoms with van der Waals surface area (Å²) in [5, 5.41) is 9.69. The molecule has 0 atom stereocenters. The fraction of sp³-hybridized carbons (Fsp3) is 0.571. The Labute approximate surface area is 140 Å². The van der Waals surface area contributed by atoms with Gasteiger partial charge >= 0.3 is 0 Å². The third-order valence-electron chi connectivity index (χ3n) is 3.92. The van der Waals surface area contributed by atoms with Gasteiger partial charge in [-0.15, -0.1) is 11.3 Å². The Bertz CT molecular complexity index is 755. The molecule has 1 aliphatic heterocycles. The Kier molecular flexibility index (Phi) is 4.69. The second-order valence-electron chi connectivity index (χ2n) is 5.73. The first kappa shape index (κ1) is 16.4. The Morgan fingerprint density at radius 2 is 2.09 bits per heavy atom. The van der Waals surface area contributed by atoms with Gasteiger partial charge in [0.15, 0.2) is 5.13 Å². The van der Waals surface area contributed by atoms with Crippen molar-refractivity contribution in [1.29, 1.82) is 0 Å². The number of nitrogens with zero attached hydrogens (tertiary/aromatic N) is 3. The number of aromatic amines is 1. The highest BCUT2D eigenvalue weighted by Crippen LogP contribution is 2.24. The lowest BCUT2D eigenvalue weighted by Gasteiger charge is -2.12. The highest BCUT2D eigenvalue weighted by atomic mass is 32.2. The van der Waals surface area contributed by atoms with Crippen molar-refractivity contribution in [2.45, 2.75) is 38.0 Å². The first-order valence-electron chi connectivity index (χ1n) is 7.68. The topological polar surface area (TPSA) is 91.0 Å². The van der Waals surface area contributed by atoms with E-state index in [0.29, 0.717) is 24.4 Å². The summed E-state index contributed by atoms with van der Waals surface area (Å²) in [6, 6.07) is 0. The largest absolute Gasteiger partial charge is 0.348 e. The number of anilines is 1. The van der Waals surface area contributed by atoms with Crippen molar-refractivity contribution in [3.8, 4) is 0 Å². The van der Waals surface area contributed by atoms with Crippen molar-refractivity contribution < 1.29 is 8.42 Å². The number of nitrogens with one attached hydrogen (secondary N) is 2. The standard InChI is InChI=1S/C14H21N5O2S2/c1-10-13(11(2)18-17-10)23(20,21)15-6-5-12-9-22-14(16-12)19-7-3-4-8-19/h9,15H,3-8H2,1-2H3,(H,17,18). The first-order chi connectivity index (χ1) is 11.0. The predicted octanol–water partition coefficient (Wildman–Crippen LogP) is 1.60. The number of rotatable bonds is 6. The summed E-state index contributed by atoms with van der Waals surface area (Å²) in [6.45, 7) is 5.85. The Hall–Kier alpha value is -1.45. The van der Waals surface area contributed by atoms with E-state index >= 15 is 0 Å². The lowest BCUT2D eigenvalue weighted by Crippen LogP contribution is -2.27. The summed E-state index contributed by atoms with van der Waals surface area (Å²) >= 11 is 1.63. The van der Waals surface area contributed by atoms with Gasteiger partial charge in [-0.3, -0.25) is 5.10 Å². The molecule has 3 heterocycles. The molecule has 2 aromatic rings. The average molecular weight is 355 g/mol. The van der Waals surface area contributed by atoms with Crippen LogP contribution >= 0.6 is 11.3 Å². The average Bonchev–Trinajstić information content (AvgIpc) is 3.19. The van der Waals surface area contributed by atoms with Crippen LogP contribution in [0.3, 0.4) is 0 Å². The summed E-state index contributed by atoms with van der Waals surface area (Å²) in [5.74, 6) is 0. The molecule has 0 radical (unpaired) electrons.